The van der Waals surface area contributed by atoms with E-state index in [9.17, 15) is 4.79 Å². The number of halogens is 1. The van der Waals surface area contributed by atoms with Gasteiger partial charge in [0.25, 0.3) is 0 Å². The van der Waals surface area contributed by atoms with E-state index >= 15 is 0 Å². The Bertz CT molecular complexity index is 702. The lowest BCUT2D eigenvalue weighted by Crippen LogP contribution is -2.46. The van der Waals surface area contributed by atoms with Crippen LogP contribution in [0, 0.1) is 18.8 Å². The van der Waals surface area contributed by atoms with Crippen molar-refractivity contribution in [3.05, 3.63) is 35.4 Å². The van der Waals surface area contributed by atoms with Gasteiger partial charge in [-0.25, -0.2) is 0 Å². The van der Waals surface area contributed by atoms with E-state index in [4.69, 9.17) is 9.73 Å². The number of benzene rings is 1. The fraction of sp³-hybridized carbons (Fsp3) is 0.667. The highest BCUT2D eigenvalue weighted by Gasteiger charge is 2.28. The number of guanidine groups is 1. The normalized spacial score (nSPS) is 22.5. The van der Waals surface area contributed by atoms with Gasteiger partial charge in [0.15, 0.2) is 5.96 Å². The number of amides is 1. The van der Waals surface area contributed by atoms with Gasteiger partial charge in [-0.05, 0) is 51.0 Å². The average molecular weight is 543 g/mol. The molecule has 7 heteroatoms. The van der Waals surface area contributed by atoms with Crippen LogP contribution in [0.1, 0.15) is 56.3 Å². The molecule has 2 aliphatic heterocycles. The van der Waals surface area contributed by atoms with E-state index in [0.29, 0.717) is 18.3 Å². The van der Waals surface area contributed by atoms with Gasteiger partial charge in [0.1, 0.15) is 0 Å². The Balaban J connectivity index is 0.00000341. The summed E-state index contributed by atoms with van der Waals surface area (Å²) in [5, 5.41) is 6.22. The van der Waals surface area contributed by atoms with Crippen LogP contribution in [-0.4, -0.2) is 56.6 Å². The van der Waals surface area contributed by atoms with E-state index in [2.05, 4.69) is 53.6 Å². The highest BCUT2D eigenvalue weighted by Crippen LogP contribution is 2.34. The monoisotopic (exact) mass is 542 g/mol. The fourth-order valence-electron chi connectivity index (χ4n) is 4.50. The minimum atomic E-state index is 0. The maximum atomic E-state index is 11.7. The van der Waals surface area contributed by atoms with Crippen LogP contribution in [0.4, 0.5) is 0 Å². The predicted molar refractivity (Wildman–Crippen MR) is 137 cm³/mol. The van der Waals surface area contributed by atoms with Crippen LogP contribution in [0.25, 0.3) is 0 Å². The molecule has 2 unspecified atom stereocenters. The Morgan fingerprint density at radius 3 is 2.55 bits per heavy atom. The lowest BCUT2D eigenvalue weighted by molar-refractivity contribution is -0.121. The number of carbonyl (C=O) groups is 1. The van der Waals surface area contributed by atoms with Crippen molar-refractivity contribution in [1.29, 1.82) is 0 Å². The molecule has 1 amide bonds. The molecule has 2 heterocycles. The number of ether oxygens (including phenoxy) is 1. The minimum absolute atomic E-state index is 0. The molecule has 3 rings (SSSR count). The first-order valence-corrected chi connectivity index (χ1v) is 11.5. The van der Waals surface area contributed by atoms with Crippen molar-refractivity contribution in [3.63, 3.8) is 0 Å². The molecular weight excluding hydrogens is 503 g/mol. The van der Waals surface area contributed by atoms with Gasteiger partial charge in [-0.3, -0.25) is 9.79 Å². The van der Waals surface area contributed by atoms with Crippen molar-refractivity contribution < 1.29 is 9.53 Å². The topological polar surface area (TPSA) is 66.0 Å². The summed E-state index contributed by atoms with van der Waals surface area (Å²) >= 11 is 0. The van der Waals surface area contributed by atoms with Gasteiger partial charge in [0.2, 0.25) is 5.91 Å². The molecule has 2 atom stereocenters. The number of piperidine rings is 1. The lowest BCUT2D eigenvalue weighted by atomic mass is 9.89. The third-order valence-corrected chi connectivity index (χ3v) is 6.33. The predicted octanol–water partition coefficient (Wildman–Crippen LogP) is 3.89. The van der Waals surface area contributed by atoms with E-state index < -0.39 is 0 Å². The van der Waals surface area contributed by atoms with E-state index in [-0.39, 0.29) is 36.0 Å². The number of nitrogens with zero attached hydrogens (tertiary/aromatic N) is 2. The third-order valence-electron chi connectivity index (χ3n) is 6.33. The number of nitrogens with one attached hydrogen (secondary N) is 2. The van der Waals surface area contributed by atoms with E-state index in [1.807, 2.05) is 0 Å². The summed E-state index contributed by atoms with van der Waals surface area (Å²) < 4.78 is 6.17. The van der Waals surface area contributed by atoms with Gasteiger partial charge in [0.05, 0.1) is 6.10 Å². The molecule has 2 aliphatic rings. The number of hydrogen-bond donors (Lipinski definition) is 2. The highest BCUT2D eigenvalue weighted by atomic mass is 127. The molecule has 174 valence electrons. The fourth-order valence-corrected chi connectivity index (χ4v) is 4.50. The summed E-state index contributed by atoms with van der Waals surface area (Å²) in [6, 6.07) is 8.73. The molecule has 0 spiro atoms. The van der Waals surface area contributed by atoms with Crippen molar-refractivity contribution >= 4 is 35.8 Å². The quantitative estimate of drug-likeness (QED) is 0.325. The zero-order valence-electron chi connectivity index (χ0n) is 19.2. The van der Waals surface area contributed by atoms with Gasteiger partial charge >= 0.3 is 0 Å². The van der Waals surface area contributed by atoms with Crippen LogP contribution < -0.4 is 10.6 Å². The summed E-state index contributed by atoms with van der Waals surface area (Å²) in [6.07, 6.45) is 5.09. The summed E-state index contributed by atoms with van der Waals surface area (Å²) in [6.45, 7) is 8.61. The maximum Gasteiger partial charge on any atom is 0.220 e. The third kappa shape index (κ3) is 7.63. The molecule has 6 nitrogen and oxygen atoms in total. The second-order valence-electron chi connectivity index (χ2n) is 8.61. The van der Waals surface area contributed by atoms with E-state index in [0.717, 1.165) is 64.4 Å². The minimum Gasteiger partial charge on any atom is -0.373 e. The van der Waals surface area contributed by atoms with Crippen LogP contribution in [0.15, 0.2) is 29.3 Å². The summed E-state index contributed by atoms with van der Waals surface area (Å²) in [7, 11) is 1.71. The number of hydrogen-bond acceptors (Lipinski definition) is 3. The van der Waals surface area contributed by atoms with Gasteiger partial charge in [-0.1, -0.05) is 29.8 Å². The Morgan fingerprint density at radius 1 is 1.19 bits per heavy atom. The van der Waals surface area contributed by atoms with E-state index in [1.165, 1.54) is 11.1 Å². The molecular formula is C24H39IN4O2. The largest absolute Gasteiger partial charge is 0.373 e. The van der Waals surface area contributed by atoms with Gasteiger partial charge in [0, 0.05) is 52.2 Å². The first-order chi connectivity index (χ1) is 14.6. The Labute approximate surface area is 204 Å². The molecule has 0 bridgehead atoms. The lowest BCUT2D eigenvalue weighted by Gasteiger charge is -2.35. The molecule has 2 saturated heterocycles. The van der Waals surface area contributed by atoms with Gasteiger partial charge in [-0.2, -0.15) is 0 Å². The SMILES string of the molecule is CCNC(=NCC1CCCOC1c1ccc(C)cc1)N1CCC(CC(=O)NC)CC1.I. The van der Waals surface area contributed by atoms with Crippen molar-refractivity contribution in [1.82, 2.24) is 15.5 Å². The Kier molecular flexibility index (Phi) is 11.1. The summed E-state index contributed by atoms with van der Waals surface area (Å²) in [5.74, 6) is 2.03. The smallest absolute Gasteiger partial charge is 0.220 e. The second-order valence-corrected chi connectivity index (χ2v) is 8.61. The molecule has 0 radical (unpaired) electrons. The molecule has 0 saturated carbocycles. The van der Waals surface area contributed by atoms with Crippen LogP contribution in [0.3, 0.4) is 0 Å². The van der Waals surface area contributed by atoms with Gasteiger partial charge in [-0.15, -0.1) is 24.0 Å². The molecule has 31 heavy (non-hydrogen) atoms. The molecule has 0 aliphatic carbocycles. The number of carbonyl (C=O) groups excluding carboxylic acids is 1. The molecule has 1 aromatic rings. The number of rotatable bonds is 6. The highest BCUT2D eigenvalue weighted by molar-refractivity contribution is 14.0. The molecule has 2 N–H and O–H groups in total. The zero-order valence-corrected chi connectivity index (χ0v) is 21.6. The van der Waals surface area contributed by atoms with Crippen molar-refractivity contribution in [2.75, 3.05) is 39.8 Å². The maximum absolute atomic E-state index is 11.7. The number of aliphatic imine (C=N–C) groups is 1. The first kappa shape index (κ1) is 25.9. The summed E-state index contributed by atoms with van der Waals surface area (Å²) in [4.78, 5) is 19.1. The molecule has 2 fully saturated rings. The van der Waals surface area contributed by atoms with Crippen LogP contribution in [0.2, 0.25) is 0 Å². The Morgan fingerprint density at radius 2 is 1.90 bits per heavy atom. The summed E-state index contributed by atoms with van der Waals surface area (Å²) in [5.41, 5.74) is 2.54. The van der Waals surface area contributed by atoms with Crippen molar-refractivity contribution in [3.8, 4) is 0 Å². The standard InChI is InChI=1S/C24H38N4O2.HI/c1-4-26-24(28-13-11-19(12-14-28)16-22(29)25-3)27-17-21-6-5-15-30-23(21)20-9-7-18(2)8-10-20;/h7-10,19,21,23H,4-6,11-17H2,1-3H3,(H,25,29)(H,26,27);1H. The zero-order chi connectivity index (χ0) is 21.3. The van der Waals surface area contributed by atoms with Crippen molar-refractivity contribution in [2.24, 2.45) is 16.8 Å². The second kappa shape index (κ2) is 13.3. The Hall–Kier alpha value is -1.35. The van der Waals surface area contributed by atoms with Gasteiger partial charge < -0.3 is 20.3 Å². The molecule has 1 aromatic carbocycles. The number of likely N-dealkylation sites (tertiary alicyclic amines) is 1. The number of aryl methyl sites for hydroxylation is 1. The van der Waals surface area contributed by atoms with Crippen LogP contribution in [-0.2, 0) is 9.53 Å². The van der Waals surface area contributed by atoms with E-state index in [1.54, 1.807) is 7.05 Å². The van der Waals surface area contributed by atoms with Crippen molar-refractivity contribution in [2.45, 2.75) is 52.1 Å². The molecule has 0 aromatic heterocycles. The van der Waals surface area contributed by atoms with Crippen LogP contribution >= 0.6 is 24.0 Å². The first-order valence-electron chi connectivity index (χ1n) is 11.5. The van der Waals surface area contributed by atoms with Crippen LogP contribution in [0.5, 0.6) is 0 Å². The average Bonchev–Trinajstić information content (AvgIpc) is 2.78.